The molecule has 0 fully saturated rings. The number of pyridine rings is 1. The van der Waals surface area contributed by atoms with Gasteiger partial charge in [0, 0.05) is 23.1 Å². The van der Waals surface area contributed by atoms with Gasteiger partial charge in [-0.1, -0.05) is 47.6 Å². The molecular weight excluding hydrogens is 409 g/mol. The minimum absolute atomic E-state index is 0.000340. The molecule has 4 aromatic rings. The molecular formula is C22H17F3N4O2. The molecule has 0 radical (unpaired) electrons. The number of nitrogens with zero attached hydrogens (tertiary/aromatic N) is 2. The number of para-hydroxylation sites is 1. The van der Waals surface area contributed by atoms with Crippen molar-refractivity contribution < 1.29 is 22.5 Å². The van der Waals surface area contributed by atoms with Gasteiger partial charge in [-0.2, -0.15) is 13.2 Å². The summed E-state index contributed by atoms with van der Waals surface area (Å²) in [6, 6.07) is 17.8. The summed E-state index contributed by atoms with van der Waals surface area (Å²) in [5, 5.41) is 6.91. The zero-order valence-corrected chi connectivity index (χ0v) is 16.1. The molecule has 31 heavy (non-hydrogen) atoms. The summed E-state index contributed by atoms with van der Waals surface area (Å²) in [7, 11) is 0. The highest BCUT2D eigenvalue weighted by Gasteiger charge is 2.40. The van der Waals surface area contributed by atoms with E-state index < -0.39 is 18.1 Å². The van der Waals surface area contributed by atoms with Gasteiger partial charge in [0.15, 0.2) is 5.58 Å². The number of alkyl halides is 3. The van der Waals surface area contributed by atoms with Gasteiger partial charge in [-0.25, -0.2) is 4.98 Å². The zero-order valence-electron chi connectivity index (χ0n) is 16.1. The van der Waals surface area contributed by atoms with E-state index in [9.17, 15) is 18.0 Å². The number of benzene rings is 2. The van der Waals surface area contributed by atoms with E-state index in [0.717, 1.165) is 0 Å². The quantitative estimate of drug-likeness (QED) is 0.492. The van der Waals surface area contributed by atoms with Crippen molar-refractivity contribution in [3.63, 3.8) is 0 Å². The first kappa shape index (κ1) is 20.4. The first-order valence-corrected chi connectivity index (χ1v) is 9.36. The molecule has 0 saturated heterocycles. The van der Waals surface area contributed by atoms with Crippen LogP contribution in [0, 0.1) is 0 Å². The van der Waals surface area contributed by atoms with Crippen molar-refractivity contribution in [2.75, 3.05) is 5.73 Å². The Morgan fingerprint density at radius 3 is 2.55 bits per heavy atom. The number of carbonyl (C=O) groups is 1. The second-order valence-corrected chi connectivity index (χ2v) is 6.90. The number of anilines is 1. The predicted octanol–water partition coefficient (Wildman–Crippen LogP) is 4.43. The SMILES string of the molecule is Nc1cccc(C[C@H](NC(=O)C(F)(F)F)c2ccccc2-c2noc3ccccc23)n1. The average molecular weight is 426 g/mol. The van der Waals surface area contributed by atoms with Gasteiger partial charge in [0.2, 0.25) is 0 Å². The van der Waals surface area contributed by atoms with Crippen molar-refractivity contribution in [2.45, 2.75) is 18.6 Å². The molecule has 0 aliphatic rings. The van der Waals surface area contributed by atoms with Crippen LogP contribution in [-0.4, -0.2) is 22.2 Å². The molecule has 6 nitrogen and oxygen atoms in total. The molecule has 0 saturated carbocycles. The maximum absolute atomic E-state index is 13.0. The van der Waals surface area contributed by atoms with Gasteiger partial charge in [0.1, 0.15) is 11.5 Å². The van der Waals surface area contributed by atoms with E-state index in [0.29, 0.717) is 33.5 Å². The molecule has 0 aliphatic carbocycles. The van der Waals surface area contributed by atoms with E-state index in [2.05, 4.69) is 15.5 Å². The third kappa shape index (κ3) is 4.35. The lowest BCUT2D eigenvalue weighted by atomic mass is 9.93. The lowest BCUT2D eigenvalue weighted by Gasteiger charge is -2.22. The van der Waals surface area contributed by atoms with Gasteiger partial charge >= 0.3 is 12.1 Å². The highest BCUT2D eigenvalue weighted by molar-refractivity contribution is 5.92. The Hall–Kier alpha value is -3.88. The fraction of sp³-hybridized carbons (Fsp3) is 0.136. The number of aromatic nitrogens is 2. The molecule has 0 aliphatic heterocycles. The molecule has 3 N–H and O–H groups in total. The number of hydrogen-bond acceptors (Lipinski definition) is 5. The Kier molecular flexibility index (Phi) is 5.33. The number of fused-ring (bicyclic) bond motifs is 1. The number of carbonyl (C=O) groups excluding carboxylic acids is 1. The summed E-state index contributed by atoms with van der Waals surface area (Å²) in [5.74, 6) is -1.81. The minimum atomic E-state index is -5.03. The van der Waals surface area contributed by atoms with Gasteiger partial charge in [0.05, 0.1) is 6.04 Å². The van der Waals surface area contributed by atoms with E-state index in [1.807, 2.05) is 6.07 Å². The highest BCUT2D eigenvalue weighted by Crippen LogP contribution is 2.34. The number of hydrogen-bond donors (Lipinski definition) is 2. The molecule has 2 aromatic heterocycles. The molecule has 9 heteroatoms. The Bertz CT molecular complexity index is 1240. The zero-order chi connectivity index (χ0) is 22.0. The normalized spacial score (nSPS) is 12.6. The van der Waals surface area contributed by atoms with Crippen LogP contribution in [-0.2, 0) is 11.2 Å². The molecule has 2 heterocycles. The topological polar surface area (TPSA) is 94.0 Å². The van der Waals surface area contributed by atoms with Crippen LogP contribution in [0.4, 0.5) is 19.0 Å². The number of rotatable bonds is 5. The largest absolute Gasteiger partial charge is 0.471 e. The Labute approximate surface area is 174 Å². The van der Waals surface area contributed by atoms with Crippen molar-refractivity contribution in [1.82, 2.24) is 15.5 Å². The van der Waals surface area contributed by atoms with Crippen LogP contribution in [0.25, 0.3) is 22.2 Å². The molecule has 0 bridgehead atoms. The van der Waals surface area contributed by atoms with E-state index in [-0.39, 0.29) is 12.2 Å². The third-order valence-corrected chi connectivity index (χ3v) is 4.77. The average Bonchev–Trinajstić information content (AvgIpc) is 3.16. The van der Waals surface area contributed by atoms with E-state index in [1.165, 1.54) is 0 Å². The second kappa shape index (κ2) is 8.10. The first-order chi connectivity index (χ1) is 14.8. The van der Waals surface area contributed by atoms with Crippen molar-refractivity contribution in [3.05, 3.63) is 78.0 Å². The van der Waals surface area contributed by atoms with Crippen molar-refractivity contribution in [3.8, 4) is 11.3 Å². The van der Waals surface area contributed by atoms with Gasteiger partial charge in [-0.05, 0) is 29.8 Å². The molecule has 158 valence electrons. The number of amides is 1. The van der Waals surface area contributed by atoms with Crippen LogP contribution in [0.5, 0.6) is 0 Å². The van der Waals surface area contributed by atoms with Crippen molar-refractivity contribution in [2.24, 2.45) is 0 Å². The fourth-order valence-corrected chi connectivity index (χ4v) is 3.40. The molecule has 0 spiro atoms. The summed E-state index contributed by atoms with van der Waals surface area (Å²) in [5.41, 5.74) is 8.15. The summed E-state index contributed by atoms with van der Waals surface area (Å²) < 4.78 is 44.5. The number of nitrogens with one attached hydrogen (secondary N) is 1. The van der Waals surface area contributed by atoms with Crippen molar-refractivity contribution >= 4 is 22.7 Å². The van der Waals surface area contributed by atoms with Gasteiger partial charge in [-0.15, -0.1) is 0 Å². The van der Waals surface area contributed by atoms with E-state index >= 15 is 0 Å². The fourth-order valence-electron chi connectivity index (χ4n) is 3.40. The molecule has 1 amide bonds. The van der Waals surface area contributed by atoms with Crippen molar-refractivity contribution in [1.29, 1.82) is 0 Å². The maximum Gasteiger partial charge on any atom is 0.471 e. The Balaban J connectivity index is 1.80. The molecule has 4 rings (SSSR count). The van der Waals surface area contributed by atoms with Crippen LogP contribution >= 0.6 is 0 Å². The third-order valence-electron chi connectivity index (χ3n) is 4.77. The summed E-state index contributed by atoms with van der Waals surface area (Å²) in [6.45, 7) is 0. The first-order valence-electron chi connectivity index (χ1n) is 9.36. The van der Waals surface area contributed by atoms with E-state index in [1.54, 1.807) is 60.7 Å². The standard InChI is InChI=1S/C22H17F3N4O2/c23-22(24,25)21(30)28-17(12-13-6-5-11-19(26)27-13)14-7-1-2-8-15(14)20-16-9-3-4-10-18(16)31-29-20/h1-11,17H,12H2,(H2,26,27)(H,28,30)/t17-/m0/s1. The van der Waals surface area contributed by atoms with Crippen LogP contribution in [0.3, 0.4) is 0 Å². The number of nitrogen functional groups attached to an aromatic ring is 1. The van der Waals surface area contributed by atoms with Crippen LogP contribution in [0.15, 0.2) is 71.3 Å². The lowest BCUT2D eigenvalue weighted by molar-refractivity contribution is -0.174. The summed E-state index contributed by atoms with van der Waals surface area (Å²) in [4.78, 5) is 16.0. The summed E-state index contributed by atoms with van der Waals surface area (Å²) in [6.07, 6.45) is -5.03. The molecule has 0 unspecified atom stereocenters. The van der Waals surface area contributed by atoms with Crippen LogP contribution in [0.2, 0.25) is 0 Å². The lowest BCUT2D eigenvalue weighted by Crippen LogP contribution is -2.40. The van der Waals surface area contributed by atoms with Gasteiger partial charge in [-0.3, -0.25) is 4.79 Å². The van der Waals surface area contributed by atoms with E-state index in [4.69, 9.17) is 10.3 Å². The van der Waals surface area contributed by atoms with Crippen LogP contribution in [0.1, 0.15) is 17.3 Å². The maximum atomic E-state index is 13.0. The predicted molar refractivity (Wildman–Crippen MR) is 109 cm³/mol. The molecule has 1 atom stereocenters. The van der Waals surface area contributed by atoms with Gasteiger partial charge < -0.3 is 15.6 Å². The Morgan fingerprint density at radius 1 is 1.03 bits per heavy atom. The highest BCUT2D eigenvalue weighted by atomic mass is 19.4. The van der Waals surface area contributed by atoms with Crippen LogP contribution < -0.4 is 11.1 Å². The monoisotopic (exact) mass is 426 g/mol. The minimum Gasteiger partial charge on any atom is -0.384 e. The smallest absolute Gasteiger partial charge is 0.384 e. The summed E-state index contributed by atoms with van der Waals surface area (Å²) >= 11 is 0. The number of halogens is 3. The Morgan fingerprint density at radius 2 is 1.77 bits per heavy atom. The molecule has 2 aromatic carbocycles. The number of nitrogens with two attached hydrogens (primary N) is 1. The van der Waals surface area contributed by atoms with Gasteiger partial charge in [0.25, 0.3) is 0 Å². The second-order valence-electron chi connectivity index (χ2n) is 6.90.